The first kappa shape index (κ1) is 6.61. The minimum Gasteiger partial charge on any atom is -0.370 e. The van der Waals surface area contributed by atoms with Crippen molar-refractivity contribution < 1.29 is 5.48 Å². The number of nitrogens with one attached hydrogen (secondary N) is 2. The molecule has 0 saturated carbocycles. The quantitative estimate of drug-likeness (QED) is 0.514. The lowest BCUT2D eigenvalue weighted by Gasteiger charge is -2.02. The summed E-state index contributed by atoms with van der Waals surface area (Å²) in [6.45, 7) is -0.0272. The van der Waals surface area contributed by atoms with E-state index in [4.69, 9.17) is 16.6 Å². The van der Waals surface area contributed by atoms with E-state index in [1.807, 2.05) is 0 Å². The van der Waals surface area contributed by atoms with Crippen molar-refractivity contribution in [1.29, 1.82) is 5.41 Å². The average Bonchev–Trinajstić information content (AvgIpc) is 2.27. The van der Waals surface area contributed by atoms with Crippen LogP contribution < -0.4 is 11.1 Å². The molecule has 4 nitrogen and oxygen atoms in total. The first-order chi connectivity index (χ1) is 8.73. The molecular weight excluding hydrogens is 188 g/mol. The number of aliphatic imine (C=N–C) groups is 1. The van der Waals surface area contributed by atoms with Crippen molar-refractivity contribution in [2.24, 2.45) is 10.7 Å². The molecule has 4 heteroatoms. The number of amidine groups is 1. The zero-order valence-corrected chi connectivity index (χ0v) is 8.41. The molecule has 1 aromatic rings. The molecule has 0 heterocycles. The van der Waals surface area contributed by atoms with Crippen molar-refractivity contribution in [1.82, 2.24) is 5.32 Å². The Hall–Kier alpha value is -1.84. The molecule has 0 radical (unpaired) electrons. The number of hydrogen-bond acceptors (Lipinski definition) is 2. The van der Waals surface area contributed by atoms with E-state index < -0.39 is 12.9 Å². The number of aryl methyl sites for hydroxylation is 1. The third-order valence-corrected chi connectivity index (χ3v) is 1.46. The molecule has 1 atom stereocenters. The predicted molar refractivity (Wildman–Crippen MR) is 63.2 cm³/mol. The molecule has 4 N–H and O–H groups in total. The van der Waals surface area contributed by atoms with Crippen LogP contribution in [0.4, 0.5) is 0 Å². The summed E-state index contributed by atoms with van der Waals surface area (Å²) in [6.07, 6.45) is -2.07. The molecule has 0 saturated heterocycles. The Morgan fingerprint density at radius 3 is 3.13 bits per heavy atom. The number of nitrogens with two attached hydrogens (primary N) is 1. The first-order valence-electron chi connectivity index (χ1n) is 6.46. The molecule has 0 aliphatic carbocycles. The highest BCUT2D eigenvalue weighted by Crippen LogP contribution is 1.98. The van der Waals surface area contributed by atoms with Crippen LogP contribution in [0.3, 0.4) is 0 Å². The summed E-state index contributed by atoms with van der Waals surface area (Å²) < 4.78 is 31.0. The molecule has 80 valence electrons. The number of hydrogen-bond donors (Lipinski definition) is 3. The molecule has 1 aromatic carbocycles. The standard InChI is InChI=1S/C11H16N4/c1-9(12)15-11(13)14-8-7-10-5-3-2-4-6-10/h2-6H,7-8H2,1H3,(H4,12,13,14,15)/i3D,7D2,8D. The van der Waals surface area contributed by atoms with Gasteiger partial charge in [-0.25, -0.2) is 0 Å². The Balaban J connectivity index is 2.96. The van der Waals surface area contributed by atoms with E-state index in [0.717, 1.165) is 0 Å². The SMILES string of the molecule is [2H]c1cccc(C([2H])([2H])C([2H])N=C(N)NC(C)=N)c1. The lowest BCUT2D eigenvalue weighted by Crippen LogP contribution is -2.35. The fourth-order valence-corrected chi connectivity index (χ4v) is 0.884. The number of nitrogens with zero attached hydrogens (tertiary/aromatic N) is 1. The van der Waals surface area contributed by atoms with Gasteiger partial charge in [0.15, 0.2) is 5.96 Å². The third kappa shape index (κ3) is 4.81. The molecule has 0 bridgehead atoms. The second kappa shape index (κ2) is 5.80. The fourth-order valence-electron chi connectivity index (χ4n) is 0.884. The Labute approximate surface area is 95.3 Å². The van der Waals surface area contributed by atoms with Gasteiger partial charge in [0.05, 0.1) is 8.58 Å². The third-order valence-electron chi connectivity index (χ3n) is 1.46. The lowest BCUT2D eigenvalue weighted by molar-refractivity contribution is 0.955. The lowest BCUT2D eigenvalue weighted by atomic mass is 10.2. The Kier molecular flexibility index (Phi) is 2.55. The largest absolute Gasteiger partial charge is 0.370 e. The predicted octanol–water partition coefficient (Wildman–Crippen LogP) is 1.13. The van der Waals surface area contributed by atoms with Gasteiger partial charge in [0.25, 0.3) is 0 Å². The van der Waals surface area contributed by atoms with E-state index >= 15 is 0 Å². The molecule has 0 aromatic heterocycles. The zero-order chi connectivity index (χ0) is 14.6. The van der Waals surface area contributed by atoms with Gasteiger partial charge in [0.2, 0.25) is 0 Å². The van der Waals surface area contributed by atoms with Crippen molar-refractivity contribution >= 4 is 11.8 Å². The summed E-state index contributed by atoms with van der Waals surface area (Å²) in [5.74, 6) is -0.124. The molecule has 15 heavy (non-hydrogen) atoms. The van der Waals surface area contributed by atoms with Crippen molar-refractivity contribution in [3.8, 4) is 0 Å². The van der Waals surface area contributed by atoms with E-state index in [1.165, 1.54) is 25.1 Å². The summed E-state index contributed by atoms with van der Waals surface area (Å²) >= 11 is 0. The van der Waals surface area contributed by atoms with Crippen LogP contribution in [0.1, 0.15) is 18.0 Å². The van der Waals surface area contributed by atoms with Crippen LogP contribution in [0.5, 0.6) is 0 Å². The van der Waals surface area contributed by atoms with Gasteiger partial charge in [-0.05, 0) is 18.9 Å². The van der Waals surface area contributed by atoms with Crippen LogP contribution in [0, 0.1) is 5.41 Å². The number of benzene rings is 1. The van der Waals surface area contributed by atoms with E-state index in [1.54, 1.807) is 6.07 Å². The smallest absolute Gasteiger partial charge is 0.194 e. The Bertz CT molecular complexity index is 501. The monoisotopic (exact) mass is 208 g/mol. The number of rotatable bonds is 3. The fraction of sp³-hybridized carbons (Fsp3) is 0.273. The topological polar surface area (TPSA) is 74.3 Å². The minimum absolute atomic E-state index is 0.0576. The maximum Gasteiger partial charge on any atom is 0.194 e. The van der Waals surface area contributed by atoms with E-state index in [2.05, 4.69) is 10.3 Å². The van der Waals surface area contributed by atoms with Gasteiger partial charge >= 0.3 is 0 Å². The van der Waals surface area contributed by atoms with E-state index in [0.29, 0.717) is 0 Å². The molecule has 0 spiro atoms. The van der Waals surface area contributed by atoms with Crippen LogP contribution in [0.15, 0.2) is 35.3 Å². The van der Waals surface area contributed by atoms with E-state index in [9.17, 15) is 0 Å². The summed E-state index contributed by atoms with van der Waals surface area (Å²) in [4.78, 5) is 3.67. The Morgan fingerprint density at radius 2 is 2.47 bits per heavy atom. The van der Waals surface area contributed by atoms with Gasteiger partial charge in [-0.1, -0.05) is 30.3 Å². The van der Waals surface area contributed by atoms with Crippen LogP contribution >= 0.6 is 0 Å². The molecule has 0 aliphatic rings. The van der Waals surface area contributed by atoms with Gasteiger partial charge in [0, 0.05) is 9.26 Å². The van der Waals surface area contributed by atoms with Gasteiger partial charge in [0.1, 0.15) is 0 Å². The minimum atomic E-state index is -2.07. The van der Waals surface area contributed by atoms with Crippen molar-refractivity contribution in [3.63, 3.8) is 0 Å². The van der Waals surface area contributed by atoms with Crippen molar-refractivity contribution in [2.45, 2.75) is 13.3 Å². The maximum absolute atomic E-state index is 7.90. The molecule has 1 unspecified atom stereocenters. The highest BCUT2D eigenvalue weighted by molar-refractivity contribution is 5.96. The first-order valence-corrected chi connectivity index (χ1v) is 4.38. The van der Waals surface area contributed by atoms with Gasteiger partial charge in [-0.15, -0.1) is 0 Å². The normalized spacial score (nSPS) is 18.1. The van der Waals surface area contributed by atoms with Crippen molar-refractivity contribution in [3.05, 3.63) is 35.9 Å². The van der Waals surface area contributed by atoms with Crippen LogP contribution in [0.2, 0.25) is 0 Å². The highest BCUT2D eigenvalue weighted by Gasteiger charge is 1.92. The van der Waals surface area contributed by atoms with Gasteiger partial charge < -0.3 is 11.1 Å². The van der Waals surface area contributed by atoms with Crippen LogP contribution in [-0.4, -0.2) is 18.3 Å². The molecule has 0 aliphatic heterocycles. The second-order valence-corrected chi connectivity index (χ2v) is 2.83. The maximum atomic E-state index is 7.90. The molecular formula is C11H16N4. The number of guanidine groups is 1. The zero-order valence-electron chi connectivity index (χ0n) is 12.4. The second-order valence-electron chi connectivity index (χ2n) is 2.83. The summed E-state index contributed by atoms with van der Waals surface area (Å²) in [6, 6.07) is 6.09. The van der Waals surface area contributed by atoms with Gasteiger partial charge in [-0.2, -0.15) is 0 Å². The highest BCUT2D eigenvalue weighted by atomic mass is 15.1. The summed E-state index contributed by atoms with van der Waals surface area (Å²) in [5.41, 5.74) is 5.65. The Morgan fingerprint density at radius 1 is 1.67 bits per heavy atom. The van der Waals surface area contributed by atoms with Crippen molar-refractivity contribution in [2.75, 3.05) is 6.52 Å². The average molecular weight is 208 g/mol. The summed E-state index contributed by atoms with van der Waals surface area (Å²) in [7, 11) is 0. The molecule has 0 fully saturated rings. The molecule has 0 amide bonds. The van der Waals surface area contributed by atoms with Crippen LogP contribution in [0.25, 0.3) is 0 Å². The van der Waals surface area contributed by atoms with E-state index in [-0.39, 0.29) is 23.4 Å². The summed E-state index contributed by atoms with van der Waals surface area (Å²) in [5, 5.41) is 9.56. The van der Waals surface area contributed by atoms with Gasteiger partial charge in [-0.3, -0.25) is 10.4 Å². The van der Waals surface area contributed by atoms with Crippen LogP contribution in [-0.2, 0) is 6.37 Å². The molecule has 1 rings (SSSR count).